The van der Waals surface area contributed by atoms with Gasteiger partial charge in [0.15, 0.2) is 0 Å². The molecule has 2 aliphatic heterocycles. The summed E-state index contributed by atoms with van der Waals surface area (Å²) in [4.78, 5) is 5.32. The molecule has 100 valence electrons. The van der Waals surface area contributed by atoms with Crippen LogP contribution >= 0.6 is 0 Å². The van der Waals surface area contributed by atoms with Gasteiger partial charge in [0.25, 0.3) is 0 Å². The first kappa shape index (κ1) is 13.3. The summed E-state index contributed by atoms with van der Waals surface area (Å²) in [5.41, 5.74) is 0. The second-order valence-corrected chi connectivity index (χ2v) is 6.25. The molecular formula is C14H29N3. The minimum Gasteiger partial charge on any atom is -0.313 e. The lowest BCUT2D eigenvalue weighted by atomic mass is 10.1. The molecule has 0 spiro atoms. The van der Waals surface area contributed by atoms with E-state index in [0.29, 0.717) is 12.1 Å². The van der Waals surface area contributed by atoms with Crippen molar-refractivity contribution in [3.63, 3.8) is 0 Å². The van der Waals surface area contributed by atoms with Crippen molar-refractivity contribution in [1.29, 1.82) is 0 Å². The lowest BCUT2D eigenvalue weighted by Gasteiger charge is -2.31. The monoisotopic (exact) mass is 239 g/mol. The van der Waals surface area contributed by atoms with E-state index >= 15 is 0 Å². The summed E-state index contributed by atoms with van der Waals surface area (Å²) in [6, 6.07) is 2.94. The Balaban J connectivity index is 1.85. The maximum absolute atomic E-state index is 3.56. The molecule has 2 fully saturated rings. The Labute approximate surface area is 107 Å². The summed E-state index contributed by atoms with van der Waals surface area (Å²) in [6.07, 6.45) is 4.19. The molecule has 0 radical (unpaired) electrons. The first-order valence-electron chi connectivity index (χ1n) is 7.27. The lowest BCUT2D eigenvalue weighted by Crippen LogP contribution is -2.46. The predicted molar refractivity (Wildman–Crippen MR) is 73.4 cm³/mol. The topological polar surface area (TPSA) is 18.5 Å². The molecule has 0 aromatic heterocycles. The highest BCUT2D eigenvalue weighted by atomic mass is 15.3. The SMILES string of the molecule is CC(C)NCC(C)N1CCC2CCC(C1)N2C. The molecule has 0 aromatic carbocycles. The molecule has 2 rings (SSSR count). The van der Waals surface area contributed by atoms with Crippen LogP contribution in [0.5, 0.6) is 0 Å². The van der Waals surface area contributed by atoms with Gasteiger partial charge in [0.05, 0.1) is 0 Å². The van der Waals surface area contributed by atoms with Crippen molar-refractivity contribution < 1.29 is 0 Å². The first-order chi connectivity index (χ1) is 8.08. The Morgan fingerprint density at radius 1 is 1.12 bits per heavy atom. The van der Waals surface area contributed by atoms with Crippen LogP contribution in [-0.2, 0) is 0 Å². The molecule has 3 atom stereocenters. The van der Waals surface area contributed by atoms with Crippen LogP contribution in [0.25, 0.3) is 0 Å². The third kappa shape index (κ3) is 3.21. The van der Waals surface area contributed by atoms with Gasteiger partial charge < -0.3 is 5.32 Å². The molecule has 0 aliphatic carbocycles. The summed E-state index contributed by atoms with van der Waals surface area (Å²) >= 11 is 0. The van der Waals surface area contributed by atoms with Crippen molar-refractivity contribution in [1.82, 2.24) is 15.1 Å². The van der Waals surface area contributed by atoms with E-state index in [0.717, 1.165) is 18.6 Å². The Kier molecular flexibility index (Phi) is 4.45. The largest absolute Gasteiger partial charge is 0.313 e. The van der Waals surface area contributed by atoms with E-state index < -0.39 is 0 Å². The van der Waals surface area contributed by atoms with Crippen LogP contribution in [0.15, 0.2) is 0 Å². The number of fused-ring (bicyclic) bond motifs is 2. The van der Waals surface area contributed by atoms with Crippen molar-refractivity contribution in [3.8, 4) is 0 Å². The lowest BCUT2D eigenvalue weighted by molar-refractivity contribution is 0.176. The molecule has 0 saturated carbocycles. The van der Waals surface area contributed by atoms with Gasteiger partial charge in [-0.05, 0) is 33.2 Å². The molecule has 17 heavy (non-hydrogen) atoms. The summed E-state index contributed by atoms with van der Waals surface area (Å²) < 4.78 is 0. The highest BCUT2D eigenvalue weighted by molar-refractivity contribution is 4.92. The summed E-state index contributed by atoms with van der Waals surface area (Å²) in [5.74, 6) is 0. The van der Waals surface area contributed by atoms with Crippen LogP contribution in [0, 0.1) is 0 Å². The minimum atomic E-state index is 0.601. The summed E-state index contributed by atoms with van der Waals surface area (Å²) in [7, 11) is 2.32. The second kappa shape index (κ2) is 5.68. The molecule has 2 bridgehead atoms. The fourth-order valence-electron chi connectivity index (χ4n) is 3.27. The van der Waals surface area contributed by atoms with Gasteiger partial charge in [0.1, 0.15) is 0 Å². The van der Waals surface area contributed by atoms with Gasteiger partial charge in [-0.2, -0.15) is 0 Å². The van der Waals surface area contributed by atoms with Gasteiger partial charge in [-0.15, -0.1) is 0 Å². The maximum atomic E-state index is 3.56. The van der Waals surface area contributed by atoms with E-state index in [2.05, 4.69) is 42.9 Å². The quantitative estimate of drug-likeness (QED) is 0.803. The van der Waals surface area contributed by atoms with Gasteiger partial charge >= 0.3 is 0 Å². The molecule has 1 N–H and O–H groups in total. The van der Waals surface area contributed by atoms with E-state index in [4.69, 9.17) is 0 Å². The Hall–Kier alpha value is -0.120. The van der Waals surface area contributed by atoms with Crippen molar-refractivity contribution in [2.24, 2.45) is 0 Å². The maximum Gasteiger partial charge on any atom is 0.0223 e. The van der Waals surface area contributed by atoms with Crippen molar-refractivity contribution in [3.05, 3.63) is 0 Å². The average Bonchev–Trinajstić information content (AvgIpc) is 2.50. The molecule has 3 nitrogen and oxygen atoms in total. The van der Waals surface area contributed by atoms with Crippen molar-refractivity contribution in [2.75, 3.05) is 26.7 Å². The van der Waals surface area contributed by atoms with Crippen molar-refractivity contribution in [2.45, 2.75) is 64.2 Å². The van der Waals surface area contributed by atoms with E-state index in [1.807, 2.05) is 0 Å². The van der Waals surface area contributed by atoms with Crippen LogP contribution in [-0.4, -0.2) is 60.6 Å². The van der Waals surface area contributed by atoms with Gasteiger partial charge in [-0.1, -0.05) is 13.8 Å². The number of nitrogens with one attached hydrogen (secondary N) is 1. The van der Waals surface area contributed by atoms with Crippen LogP contribution in [0.4, 0.5) is 0 Å². The van der Waals surface area contributed by atoms with Gasteiger partial charge in [0.2, 0.25) is 0 Å². The third-order valence-corrected chi connectivity index (χ3v) is 4.62. The number of nitrogens with zero attached hydrogens (tertiary/aromatic N) is 2. The van der Waals surface area contributed by atoms with Gasteiger partial charge in [0, 0.05) is 43.8 Å². The Morgan fingerprint density at radius 2 is 1.82 bits per heavy atom. The van der Waals surface area contributed by atoms with Crippen LogP contribution < -0.4 is 5.32 Å². The zero-order valence-electron chi connectivity index (χ0n) is 11.9. The fraction of sp³-hybridized carbons (Fsp3) is 1.00. The Bertz CT molecular complexity index is 242. The second-order valence-electron chi connectivity index (χ2n) is 6.25. The molecule has 0 aromatic rings. The highest BCUT2D eigenvalue weighted by Gasteiger charge is 2.35. The van der Waals surface area contributed by atoms with Crippen LogP contribution in [0.3, 0.4) is 0 Å². The van der Waals surface area contributed by atoms with E-state index in [-0.39, 0.29) is 0 Å². The minimum absolute atomic E-state index is 0.601. The van der Waals surface area contributed by atoms with Gasteiger partial charge in [-0.3, -0.25) is 9.80 Å². The number of hydrogen-bond acceptors (Lipinski definition) is 3. The number of rotatable bonds is 4. The van der Waals surface area contributed by atoms with E-state index in [9.17, 15) is 0 Å². The van der Waals surface area contributed by atoms with Crippen LogP contribution in [0.1, 0.15) is 40.0 Å². The fourth-order valence-corrected chi connectivity index (χ4v) is 3.27. The van der Waals surface area contributed by atoms with E-state index in [1.165, 1.54) is 32.4 Å². The smallest absolute Gasteiger partial charge is 0.0223 e. The summed E-state index contributed by atoms with van der Waals surface area (Å²) in [6.45, 7) is 10.5. The standard InChI is InChI=1S/C14H29N3/c1-11(2)15-9-12(3)17-8-7-13-5-6-14(10-17)16(13)4/h11-15H,5-10H2,1-4H3. The normalized spacial score (nSPS) is 33.0. The molecule has 2 saturated heterocycles. The summed E-state index contributed by atoms with van der Waals surface area (Å²) in [5, 5.41) is 3.56. The zero-order chi connectivity index (χ0) is 12.4. The predicted octanol–water partition coefficient (Wildman–Crippen LogP) is 1.54. The molecular weight excluding hydrogens is 210 g/mol. The highest BCUT2D eigenvalue weighted by Crippen LogP contribution is 2.28. The first-order valence-corrected chi connectivity index (χ1v) is 7.27. The number of likely N-dealkylation sites (tertiary alicyclic amines) is 1. The molecule has 2 heterocycles. The number of likely N-dealkylation sites (N-methyl/N-ethyl adjacent to an activating group) is 1. The molecule has 2 aliphatic rings. The van der Waals surface area contributed by atoms with Crippen LogP contribution in [0.2, 0.25) is 0 Å². The van der Waals surface area contributed by atoms with E-state index in [1.54, 1.807) is 0 Å². The number of hydrogen-bond donors (Lipinski definition) is 1. The van der Waals surface area contributed by atoms with Gasteiger partial charge in [-0.25, -0.2) is 0 Å². The average molecular weight is 239 g/mol. The van der Waals surface area contributed by atoms with Crippen molar-refractivity contribution >= 4 is 0 Å². The molecule has 3 heteroatoms. The Morgan fingerprint density at radius 3 is 2.53 bits per heavy atom. The molecule has 0 amide bonds. The molecule has 3 unspecified atom stereocenters. The third-order valence-electron chi connectivity index (χ3n) is 4.62. The zero-order valence-corrected chi connectivity index (χ0v) is 11.9.